The second-order valence-corrected chi connectivity index (χ2v) is 13.8. The molecule has 0 saturated carbocycles. The Morgan fingerprint density at radius 1 is 1.31 bits per heavy atom. The van der Waals surface area contributed by atoms with Gasteiger partial charge in [0.25, 0.3) is 0 Å². The molecule has 0 aromatic heterocycles. The molecule has 1 N–H and O–H groups in total. The number of amides is 2. The van der Waals surface area contributed by atoms with E-state index in [0.29, 0.717) is 11.5 Å². The van der Waals surface area contributed by atoms with Crippen molar-refractivity contribution < 1.29 is 23.2 Å². The third-order valence-corrected chi connectivity index (χ3v) is 5.09. The Bertz CT molecular complexity index is 920. The Morgan fingerprint density at radius 2 is 1.97 bits per heavy atom. The number of methoxy groups -OCH3 is 1. The molecule has 0 unspecified atom stereocenters. The van der Waals surface area contributed by atoms with Gasteiger partial charge in [-0.2, -0.15) is 0 Å². The van der Waals surface area contributed by atoms with Crippen molar-refractivity contribution in [2.45, 2.75) is 52.7 Å². The Hall–Kier alpha value is -1.19. The molecule has 0 radical (unpaired) electrons. The van der Waals surface area contributed by atoms with Gasteiger partial charge in [-0.15, -0.1) is 0 Å². The fourth-order valence-electron chi connectivity index (χ4n) is 2.93. The quantitative estimate of drug-likeness (QED) is 0.292. The summed E-state index contributed by atoms with van der Waals surface area (Å²) in [6, 6.07) is 3.15. The van der Waals surface area contributed by atoms with E-state index in [1.54, 1.807) is 37.8 Å². The number of halogens is 1. The molecule has 0 saturated heterocycles. The monoisotopic (exact) mass is 551 g/mol. The number of carbonyl (C=O) groups excluding carboxylic acids is 2. The fourth-order valence-corrected chi connectivity index (χ4v) is 4.03. The first-order valence-electron chi connectivity index (χ1n) is 8.91. The molecule has 0 bridgehead atoms. The predicted molar refractivity (Wildman–Crippen MR) is 126 cm³/mol. The minimum atomic E-state index is -0.709. The maximum absolute atomic E-state index is 13.3. The normalized spacial score (nSPS) is 16.4. The van der Waals surface area contributed by atoms with Crippen LogP contribution in [0.1, 0.15) is 51.4 Å². The van der Waals surface area contributed by atoms with Gasteiger partial charge in [0.1, 0.15) is 0 Å². The summed E-state index contributed by atoms with van der Waals surface area (Å²) in [5, 5.41) is 2.67. The van der Waals surface area contributed by atoms with E-state index in [0.717, 1.165) is 12.0 Å². The molecule has 1 aliphatic rings. The van der Waals surface area contributed by atoms with E-state index in [1.807, 2.05) is 41.3 Å². The number of carbonyl (C=O) groups is 2. The predicted octanol–water partition coefficient (Wildman–Crippen LogP) is 5.77. The third-order valence-electron chi connectivity index (χ3n) is 4.01. The van der Waals surface area contributed by atoms with E-state index in [1.165, 1.54) is 7.11 Å². The topological polar surface area (TPSA) is 77.1 Å². The van der Waals surface area contributed by atoms with Crippen molar-refractivity contribution in [1.29, 1.82) is 0 Å². The van der Waals surface area contributed by atoms with Gasteiger partial charge in [-0.25, -0.2) is 0 Å². The van der Waals surface area contributed by atoms with Crippen molar-refractivity contribution >= 4 is 54.0 Å². The SMILES string of the molecule is COc1cc(C(=O)N2C=C(C)C[C@H]2C)c(NC(=O)OC(C)(C)C)cc1O[S-](#P)I. The average Bonchev–Trinajstić information content (AvgIpc) is 2.90. The van der Waals surface area contributed by atoms with Crippen molar-refractivity contribution in [1.82, 2.24) is 4.90 Å². The van der Waals surface area contributed by atoms with Crippen LogP contribution in [0.5, 0.6) is 11.5 Å². The van der Waals surface area contributed by atoms with Crippen molar-refractivity contribution in [2.75, 3.05) is 12.4 Å². The molecule has 10 heteroatoms. The van der Waals surface area contributed by atoms with Gasteiger partial charge >= 0.3 is 188 Å². The molecule has 1 aliphatic heterocycles. The van der Waals surface area contributed by atoms with Crippen LogP contribution in [0.3, 0.4) is 0 Å². The number of hydrogen-bond acceptors (Lipinski definition) is 6. The van der Waals surface area contributed by atoms with E-state index < -0.39 is 19.0 Å². The molecule has 1 heterocycles. The zero-order chi connectivity index (χ0) is 21.9. The maximum atomic E-state index is 13.3. The van der Waals surface area contributed by atoms with Crippen LogP contribution >= 0.6 is 29.0 Å². The molecule has 7 nitrogen and oxygen atoms in total. The summed E-state index contributed by atoms with van der Waals surface area (Å²) in [6.07, 6.45) is 1.97. The summed E-state index contributed by atoms with van der Waals surface area (Å²) in [6.45, 7) is 9.26. The molecule has 0 fully saturated rings. The van der Waals surface area contributed by atoms with E-state index in [2.05, 4.69) is 13.1 Å². The van der Waals surface area contributed by atoms with Gasteiger partial charge in [-0.05, 0) is 0 Å². The summed E-state index contributed by atoms with van der Waals surface area (Å²) < 4.78 is 16.4. The van der Waals surface area contributed by atoms with Crippen LogP contribution in [-0.4, -0.2) is 35.7 Å². The standard InChI is InChI=1S/C19H25IN2O5PS/c1-11-7-12(2)22(10-11)17(23)13-8-15(25-6)16(27-29(20)28)9-14(13)21-18(24)26-19(3,4)5/h8-10,12H,7H2,1-6H3,(H,21,24)/q-1/t12-/m1/s1. The zero-order valence-corrected chi connectivity index (χ0v) is 21.1. The van der Waals surface area contributed by atoms with Gasteiger partial charge in [0.05, 0.1) is 0 Å². The average molecular weight is 551 g/mol. The molecule has 0 spiro atoms. The molecular formula is C19H25IN2O5PS-. The molecule has 1 atom stereocenters. The first kappa shape index (κ1) is 24.1. The molecule has 2 rings (SSSR count). The van der Waals surface area contributed by atoms with Crippen LogP contribution in [0.25, 0.3) is 0 Å². The summed E-state index contributed by atoms with van der Waals surface area (Å²) in [4.78, 5) is 27.3. The number of nitrogens with zero attached hydrogens (tertiary/aromatic N) is 1. The Balaban J connectivity index is 2.50. The molecule has 29 heavy (non-hydrogen) atoms. The van der Waals surface area contributed by atoms with E-state index >= 15 is 0 Å². The number of hydrogen-bond donors (Lipinski definition) is 1. The molecule has 0 aliphatic carbocycles. The van der Waals surface area contributed by atoms with Crippen molar-refractivity contribution in [3.05, 3.63) is 29.5 Å². The van der Waals surface area contributed by atoms with E-state index in [-0.39, 0.29) is 23.2 Å². The molecular weight excluding hydrogens is 526 g/mol. The first-order valence-corrected chi connectivity index (χ1v) is 13.7. The van der Waals surface area contributed by atoms with Crippen LogP contribution < -0.4 is 14.2 Å². The number of nitrogens with one attached hydrogen (secondary N) is 1. The summed E-state index contributed by atoms with van der Waals surface area (Å²) in [5.41, 5.74) is 0.998. The molecule has 1 aromatic carbocycles. The Kier molecular flexibility index (Phi) is 8.09. The van der Waals surface area contributed by atoms with Crippen LogP contribution in [0.2, 0.25) is 0 Å². The first-order chi connectivity index (χ1) is 13.4. The number of benzene rings is 1. The van der Waals surface area contributed by atoms with Gasteiger partial charge in [-0.1, -0.05) is 0 Å². The van der Waals surface area contributed by atoms with Gasteiger partial charge < -0.3 is 0 Å². The van der Waals surface area contributed by atoms with Crippen molar-refractivity contribution in [3.63, 3.8) is 0 Å². The molecule has 160 valence electrons. The Labute approximate surface area is 187 Å². The van der Waals surface area contributed by atoms with Crippen LogP contribution in [0.15, 0.2) is 23.9 Å². The zero-order valence-electron chi connectivity index (χ0n) is 17.2. The number of ether oxygens (including phenoxy) is 2. The third kappa shape index (κ3) is 6.65. The molecule has 1 aromatic rings. The van der Waals surface area contributed by atoms with E-state index in [9.17, 15) is 9.59 Å². The van der Waals surface area contributed by atoms with Gasteiger partial charge in [0.15, 0.2) is 0 Å². The molecule has 2 amide bonds. The van der Waals surface area contributed by atoms with Crippen LogP contribution in [0, 0.1) is 0 Å². The van der Waals surface area contributed by atoms with Crippen molar-refractivity contribution in [3.8, 4) is 11.5 Å². The fraction of sp³-hybridized carbons (Fsp3) is 0.474. The van der Waals surface area contributed by atoms with Gasteiger partial charge in [-0.3, -0.25) is 0 Å². The van der Waals surface area contributed by atoms with Crippen LogP contribution in [0.4, 0.5) is 10.5 Å². The van der Waals surface area contributed by atoms with Crippen LogP contribution in [-0.2, 0) is 12.1 Å². The summed E-state index contributed by atoms with van der Waals surface area (Å²) in [5.74, 6) is 0.493. The number of anilines is 1. The summed E-state index contributed by atoms with van der Waals surface area (Å²) in [7, 11) is 5.04. The Morgan fingerprint density at radius 3 is 2.45 bits per heavy atom. The van der Waals surface area contributed by atoms with E-state index in [4.69, 9.17) is 13.7 Å². The van der Waals surface area contributed by atoms with Crippen molar-refractivity contribution in [2.24, 2.45) is 0 Å². The second-order valence-electron chi connectivity index (χ2n) is 7.71. The second kappa shape index (κ2) is 9.75. The summed E-state index contributed by atoms with van der Waals surface area (Å²) >= 11 is 2.01. The van der Waals surface area contributed by atoms with Gasteiger partial charge in [0, 0.05) is 0 Å². The minimum absolute atomic E-state index is 0.0245. The van der Waals surface area contributed by atoms with Gasteiger partial charge in [0.2, 0.25) is 0 Å². The number of rotatable bonds is 4.